The molecular weight excluding hydrogens is 530 g/mol. The van der Waals surface area contributed by atoms with E-state index in [4.69, 9.17) is 9.84 Å². The smallest absolute Gasteiger partial charge is 0.320 e. The van der Waals surface area contributed by atoms with Crippen LogP contribution in [-0.2, 0) is 4.74 Å². The fourth-order valence-corrected chi connectivity index (χ4v) is 5.52. The van der Waals surface area contributed by atoms with Gasteiger partial charge in [0.2, 0.25) is 5.56 Å². The first-order chi connectivity index (χ1) is 19.8. The maximum atomic E-state index is 14.2. The Hall–Kier alpha value is -4.35. The van der Waals surface area contributed by atoms with Gasteiger partial charge >= 0.3 is 6.03 Å². The Balaban J connectivity index is 1.45. The van der Waals surface area contributed by atoms with Crippen LogP contribution in [0.25, 0.3) is 16.9 Å². The lowest BCUT2D eigenvalue weighted by atomic mass is 9.99. The van der Waals surface area contributed by atoms with Crippen LogP contribution in [0.15, 0.2) is 71.7 Å². The molecule has 3 N–H and O–H groups in total. The number of likely N-dealkylation sites (tertiary alicyclic amines) is 1. The maximum absolute atomic E-state index is 14.2. The van der Waals surface area contributed by atoms with Crippen molar-refractivity contribution in [2.45, 2.75) is 37.9 Å². The van der Waals surface area contributed by atoms with Crippen LogP contribution in [0, 0.1) is 18.6 Å². The quantitative estimate of drug-likeness (QED) is 0.287. The fourth-order valence-electron chi connectivity index (χ4n) is 5.52. The molecule has 11 heteroatoms. The molecule has 2 amide bonds. The van der Waals surface area contributed by atoms with Gasteiger partial charge < -0.3 is 15.0 Å². The number of aromatic amines is 1. The van der Waals surface area contributed by atoms with Gasteiger partial charge in [0.15, 0.2) is 11.6 Å². The molecule has 1 fully saturated rings. The van der Waals surface area contributed by atoms with E-state index in [1.54, 1.807) is 30.1 Å². The minimum absolute atomic E-state index is 0.0572. The lowest BCUT2D eigenvalue weighted by Gasteiger charge is -2.28. The molecule has 1 aliphatic heterocycles. The number of nitrogens with zero attached hydrogens (tertiary/aromatic N) is 3. The third kappa shape index (κ3) is 5.91. The van der Waals surface area contributed by atoms with E-state index in [0.29, 0.717) is 41.2 Å². The summed E-state index contributed by atoms with van der Waals surface area (Å²) in [6.07, 6.45) is 2.89. The largest absolute Gasteiger partial charge is 0.385 e. The topological polar surface area (TPSA) is 104 Å². The number of para-hydroxylation sites is 1. The number of H-pyrrole nitrogens is 1. The van der Waals surface area contributed by atoms with E-state index in [1.165, 1.54) is 12.1 Å². The van der Waals surface area contributed by atoms with Gasteiger partial charge in [-0.05, 0) is 62.7 Å². The molecule has 0 bridgehead atoms. The van der Waals surface area contributed by atoms with Gasteiger partial charge in [0.05, 0.1) is 23.5 Å². The predicted molar refractivity (Wildman–Crippen MR) is 152 cm³/mol. The second-order valence-electron chi connectivity index (χ2n) is 10.2. The number of anilines is 1. The number of carbonyl (C=O) groups is 1. The molecule has 2 aromatic carbocycles. The molecule has 0 radical (unpaired) electrons. The second kappa shape index (κ2) is 12.0. The van der Waals surface area contributed by atoms with E-state index in [-0.39, 0.29) is 17.6 Å². The number of ether oxygens (including phenoxy) is 1. The SMILES string of the molecule is COCC[C@@H]1C[C@@H](NC(=O)Nc2c(C)c(-c3ccc(=O)[nH]c3)nn2-c2ccccc2)[C@H](c2ccc(F)c(F)c2)N1C. The fraction of sp³-hybridized carbons (Fsp3) is 0.300. The molecule has 41 heavy (non-hydrogen) atoms. The Morgan fingerprint density at radius 2 is 1.90 bits per heavy atom. The highest BCUT2D eigenvalue weighted by atomic mass is 19.2. The molecule has 0 aliphatic carbocycles. The first kappa shape index (κ1) is 28.2. The predicted octanol–water partition coefficient (Wildman–Crippen LogP) is 4.79. The summed E-state index contributed by atoms with van der Waals surface area (Å²) in [6.45, 7) is 2.37. The Bertz CT molecular complexity index is 1570. The summed E-state index contributed by atoms with van der Waals surface area (Å²) in [4.78, 5) is 29.9. The van der Waals surface area contributed by atoms with Crippen LogP contribution in [0.2, 0.25) is 0 Å². The van der Waals surface area contributed by atoms with Crippen molar-refractivity contribution in [2.75, 3.05) is 26.1 Å². The van der Waals surface area contributed by atoms with Crippen LogP contribution in [0.1, 0.15) is 30.0 Å². The van der Waals surface area contributed by atoms with Gasteiger partial charge in [0.1, 0.15) is 5.82 Å². The van der Waals surface area contributed by atoms with Crippen LogP contribution in [0.5, 0.6) is 0 Å². The summed E-state index contributed by atoms with van der Waals surface area (Å²) in [5.74, 6) is -1.39. The summed E-state index contributed by atoms with van der Waals surface area (Å²) in [5, 5.41) is 10.8. The molecule has 214 valence electrons. The number of carbonyl (C=O) groups excluding carboxylic acids is 1. The van der Waals surface area contributed by atoms with Gasteiger partial charge in [0.25, 0.3) is 0 Å². The molecule has 0 saturated carbocycles. The zero-order valence-corrected chi connectivity index (χ0v) is 23.0. The first-order valence-electron chi connectivity index (χ1n) is 13.3. The second-order valence-corrected chi connectivity index (χ2v) is 10.2. The molecular formula is C30H32F2N6O3. The highest BCUT2D eigenvalue weighted by Crippen LogP contribution is 2.37. The third-order valence-electron chi connectivity index (χ3n) is 7.59. The van der Waals surface area contributed by atoms with Crippen molar-refractivity contribution >= 4 is 11.8 Å². The summed E-state index contributed by atoms with van der Waals surface area (Å²) in [6, 6.07) is 15.1. The molecule has 1 saturated heterocycles. The lowest BCUT2D eigenvalue weighted by molar-refractivity contribution is 0.150. The van der Waals surface area contributed by atoms with Crippen molar-refractivity contribution in [3.05, 3.63) is 100.0 Å². The third-order valence-corrected chi connectivity index (χ3v) is 7.59. The minimum Gasteiger partial charge on any atom is -0.385 e. The summed E-state index contributed by atoms with van der Waals surface area (Å²) in [7, 11) is 3.54. The average molecular weight is 563 g/mol. The number of rotatable bonds is 8. The van der Waals surface area contributed by atoms with Crippen LogP contribution < -0.4 is 16.2 Å². The highest BCUT2D eigenvalue weighted by molar-refractivity contribution is 5.91. The number of hydrogen-bond donors (Lipinski definition) is 3. The van der Waals surface area contributed by atoms with E-state index in [1.807, 2.05) is 44.3 Å². The minimum atomic E-state index is -0.934. The van der Waals surface area contributed by atoms with Gasteiger partial charge in [-0.15, -0.1) is 0 Å². The van der Waals surface area contributed by atoms with Gasteiger partial charge in [-0.1, -0.05) is 24.3 Å². The van der Waals surface area contributed by atoms with Crippen LogP contribution in [0.4, 0.5) is 19.4 Å². The van der Waals surface area contributed by atoms with Crippen molar-refractivity contribution in [1.29, 1.82) is 0 Å². The molecule has 4 aromatic rings. The number of amides is 2. The molecule has 5 rings (SSSR count). The molecule has 9 nitrogen and oxygen atoms in total. The summed E-state index contributed by atoms with van der Waals surface area (Å²) >= 11 is 0. The molecule has 1 aliphatic rings. The molecule has 0 unspecified atom stereocenters. The van der Waals surface area contributed by atoms with Gasteiger partial charge in [-0.3, -0.25) is 15.0 Å². The van der Waals surface area contributed by atoms with E-state index < -0.39 is 23.7 Å². The molecule has 3 atom stereocenters. The van der Waals surface area contributed by atoms with Crippen molar-refractivity contribution in [3.63, 3.8) is 0 Å². The normalized spacial score (nSPS) is 18.9. The lowest BCUT2D eigenvalue weighted by Crippen LogP contribution is -2.41. The number of urea groups is 1. The van der Waals surface area contributed by atoms with Crippen LogP contribution >= 0.6 is 0 Å². The van der Waals surface area contributed by atoms with E-state index in [2.05, 4.69) is 20.5 Å². The monoisotopic (exact) mass is 562 g/mol. The Morgan fingerprint density at radius 3 is 2.59 bits per heavy atom. The van der Waals surface area contributed by atoms with Gasteiger partial charge in [-0.25, -0.2) is 18.3 Å². The zero-order valence-electron chi connectivity index (χ0n) is 23.0. The molecule has 0 spiro atoms. The van der Waals surface area contributed by atoms with E-state index in [0.717, 1.165) is 18.2 Å². The van der Waals surface area contributed by atoms with Crippen LogP contribution in [-0.4, -0.2) is 58.5 Å². The van der Waals surface area contributed by atoms with Crippen molar-refractivity contribution < 1.29 is 18.3 Å². The molecule has 2 aromatic heterocycles. The van der Waals surface area contributed by atoms with Gasteiger partial charge in [0, 0.05) is 43.1 Å². The zero-order chi connectivity index (χ0) is 29.1. The Morgan fingerprint density at radius 1 is 1.12 bits per heavy atom. The number of hydrogen-bond acceptors (Lipinski definition) is 5. The number of halogens is 2. The summed E-state index contributed by atoms with van der Waals surface area (Å²) in [5.41, 5.74) is 3.07. The summed E-state index contributed by atoms with van der Waals surface area (Å²) < 4.78 is 34.8. The van der Waals surface area contributed by atoms with E-state index >= 15 is 0 Å². The van der Waals surface area contributed by atoms with E-state index in [9.17, 15) is 18.4 Å². The Labute approximate surface area is 236 Å². The number of likely N-dealkylation sites (N-methyl/N-ethyl adjacent to an activating group) is 1. The van der Waals surface area contributed by atoms with Crippen molar-refractivity contribution in [1.82, 2.24) is 25.0 Å². The number of benzene rings is 2. The average Bonchev–Trinajstić information content (AvgIpc) is 3.45. The maximum Gasteiger partial charge on any atom is 0.320 e. The number of pyridine rings is 1. The number of methoxy groups -OCH3 is 1. The standard InChI is InChI=1S/C30H32F2N6O3/c1-18-27(20-10-12-26(39)33-17-20)36-38(21-7-5-4-6-8-21)29(18)35-30(40)34-25-16-22(13-14-41-3)37(2)28(25)19-9-11-23(31)24(32)15-19/h4-12,15,17,22,25,28H,13-14,16H2,1-3H3,(H,33,39)(H2,34,35,40)/t22-,25-,28+/m1/s1. The number of nitrogens with one attached hydrogen (secondary N) is 3. The van der Waals surface area contributed by atoms with Crippen molar-refractivity contribution in [3.8, 4) is 16.9 Å². The van der Waals surface area contributed by atoms with Crippen molar-refractivity contribution in [2.24, 2.45) is 0 Å². The van der Waals surface area contributed by atoms with Gasteiger partial charge in [-0.2, -0.15) is 5.10 Å². The molecule has 3 heterocycles. The van der Waals surface area contributed by atoms with Crippen LogP contribution in [0.3, 0.4) is 0 Å². The number of aromatic nitrogens is 3. The highest BCUT2D eigenvalue weighted by Gasteiger charge is 2.40. The first-order valence-corrected chi connectivity index (χ1v) is 13.3. The Kier molecular flexibility index (Phi) is 8.27.